The molecule has 1 aliphatic rings. The highest BCUT2D eigenvalue weighted by Gasteiger charge is 2.40. The fourth-order valence-electron chi connectivity index (χ4n) is 2.69. The zero-order chi connectivity index (χ0) is 13.2. The van der Waals surface area contributed by atoms with E-state index in [1.165, 1.54) is 0 Å². The highest BCUT2D eigenvalue weighted by molar-refractivity contribution is 6.42. The van der Waals surface area contributed by atoms with E-state index in [0.717, 1.165) is 32.4 Å². The number of hydrogen-bond donors (Lipinski definition) is 1. The number of Topliss-reactive ketones (excluding diaryl/α,β-unsaturated/α-hetero) is 1. The quantitative estimate of drug-likeness (QED) is 0.849. The molecule has 98 valence electrons. The second-order valence-corrected chi connectivity index (χ2v) is 5.73. The minimum absolute atomic E-state index is 0.188. The lowest BCUT2D eigenvalue weighted by Gasteiger charge is -2.26. The molecule has 0 spiro atoms. The van der Waals surface area contributed by atoms with Crippen molar-refractivity contribution in [2.75, 3.05) is 13.1 Å². The number of ketones is 1. The van der Waals surface area contributed by atoms with E-state index in [0.29, 0.717) is 15.6 Å². The van der Waals surface area contributed by atoms with Crippen molar-refractivity contribution in [1.29, 1.82) is 0 Å². The summed E-state index contributed by atoms with van der Waals surface area (Å²) in [6, 6.07) is 5.15. The molecular formula is C14H17Cl2NO. The lowest BCUT2D eigenvalue weighted by atomic mass is 9.76. The van der Waals surface area contributed by atoms with Crippen molar-refractivity contribution >= 4 is 29.0 Å². The van der Waals surface area contributed by atoms with Crippen molar-refractivity contribution in [2.24, 2.45) is 5.41 Å². The lowest BCUT2D eigenvalue weighted by molar-refractivity contribution is 0.0802. The first-order valence-corrected chi connectivity index (χ1v) is 7.05. The van der Waals surface area contributed by atoms with E-state index < -0.39 is 0 Å². The first-order valence-electron chi connectivity index (χ1n) is 6.29. The van der Waals surface area contributed by atoms with Gasteiger partial charge in [0.05, 0.1) is 10.0 Å². The van der Waals surface area contributed by atoms with Gasteiger partial charge in [0, 0.05) is 17.5 Å². The third-order valence-electron chi connectivity index (χ3n) is 3.64. The van der Waals surface area contributed by atoms with Crippen molar-refractivity contribution in [2.45, 2.75) is 26.2 Å². The molecule has 1 N–H and O–H groups in total. The summed E-state index contributed by atoms with van der Waals surface area (Å²) in [7, 11) is 0. The third-order valence-corrected chi connectivity index (χ3v) is 4.37. The normalized spacial score (nSPS) is 23.3. The highest BCUT2D eigenvalue weighted by Crippen LogP contribution is 2.36. The monoisotopic (exact) mass is 285 g/mol. The van der Waals surface area contributed by atoms with Gasteiger partial charge in [0.1, 0.15) is 0 Å². The molecule has 1 atom stereocenters. The second-order valence-electron chi connectivity index (χ2n) is 4.92. The van der Waals surface area contributed by atoms with Gasteiger partial charge in [0.2, 0.25) is 0 Å². The maximum atomic E-state index is 12.7. The molecule has 2 nitrogen and oxygen atoms in total. The van der Waals surface area contributed by atoms with E-state index in [-0.39, 0.29) is 11.2 Å². The van der Waals surface area contributed by atoms with Crippen LogP contribution in [0.3, 0.4) is 0 Å². The average molecular weight is 286 g/mol. The van der Waals surface area contributed by atoms with E-state index in [1.807, 2.05) is 0 Å². The predicted molar refractivity (Wildman–Crippen MR) is 75.6 cm³/mol. The Kier molecular flexibility index (Phi) is 4.31. The molecule has 1 heterocycles. The van der Waals surface area contributed by atoms with E-state index in [4.69, 9.17) is 23.2 Å². The Labute approximate surface area is 118 Å². The van der Waals surface area contributed by atoms with Crippen molar-refractivity contribution in [3.63, 3.8) is 0 Å². The largest absolute Gasteiger partial charge is 0.316 e. The van der Waals surface area contributed by atoms with Crippen LogP contribution in [-0.4, -0.2) is 18.9 Å². The SMILES string of the molecule is CCC[C@]1(C(=O)c2ccc(Cl)c(Cl)c2)CCNC1. The molecule has 4 heteroatoms. The molecule has 1 aromatic carbocycles. The maximum absolute atomic E-state index is 12.7. The van der Waals surface area contributed by atoms with E-state index >= 15 is 0 Å². The molecule has 1 saturated heterocycles. The van der Waals surface area contributed by atoms with Crippen LogP contribution in [0.2, 0.25) is 10.0 Å². The van der Waals surface area contributed by atoms with Crippen LogP contribution in [0.15, 0.2) is 18.2 Å². The molecule has 0 aliphatic carbocycles. The van der Waals surface area contributed by atoms with Crippen LogP contribution in [0.25, 0.3) is 0 Å². The summed E-state index contributed by atoms with van der Waals surface area (Å²) in [6.07, 6.45) is 2.83. The van der Waals surface area contributed by atoms with Crippen LogP contribution in [0.5, 0.6) is 0 Å². The van der Waals surface area contributed by atoms with Gasteiger partial charge in [-0.25, -0.2) is 0 Å². The minimum Gasteiger partial charge on any atom is -0.316 e. The van der Waals surface area contributed by atoms with Crippen LogP contribution in [0, 0.1) is 5.41 Å². The van der Waals surface area contributed by atoms with Crippen molar-refractivity contribution in [1.82, 2.24) is 5.32 Å². The van der Waals surface area contributed by atoms with Crippen molar-refractivity contribution in [3.05, 3.63) is 33.8 Å². The van der Waals surface area contributed by atoms with Gasteiger partial charge < -0.3 is 5.32 Å². The molecule has 2 rings (SSSR count). The topological polar surface area (TPSA) is 29.1 Å². The van der Waals surface area contributed by atoms with Gasteiger partial charge in [-0.3, -0.25) is 4.79 Å². The lowest BCUT2D eigenvalue weighted by Crippen LogP contribution is -2.33. The van der Waals surface area contributed by atoms with Gasteiger partial charge >= 0.3 is 0 Å². The van der Waals surface area contributed by atoms with E-state index in [9.17, 15) is 4.79 Å². The molecular weight excluding hydrogens is 269 g/mol. The van der Waals surface area contributed by atoms with Gasteiger partial charge in [-0.05, 0) is 37.6 Å². The molecule has 0 bridgehead atoms. The van der Waals surface area contributed by atoms with Crippen LogP contribution in [-0.2, 0) is 0 Å². The first kappa shape index (κ1) is 13.9. The molecule has 18 heavy (non-hydrogen) atoms. The van der Waals surface area contributed by atoms with Gasteiger partial charge in [0.25, 0.3) is 0 Å². The van der Waals surface area contributed by atoms with Gasteiger partial charge in [-0.1, -0.05) is 36.5 Å². The Balaban J connectivity index is 2.30. The standard InChI is InChI=1S/C14H17Cl2NO/c1-2-5-14(6-7-17-9-14)13(18)10-3-4-11(15)12(16)8-10/h3-4,8,17H,2,5-7,9H2,1H3/t14-/m0/s1. The van der Waals surface area contributed by atoms with Crippen LogP contribution in [0.4, 0.5) is 0 Å². The smallest absolute Gasteiger partial charge is 0.170 e. The number of benzene rings is 1. The molecule has 0 radical (unpaired) electrons. The molecule has 0 amide bonds. The van der Waals surface area contributed by atoms with Crippen LogP contribution in [0.1, 0.15) is 36.5 Å². The summed E-state index contributed by atoms with van der Waals surface area (Å²) in [4.78, 5) is 12.7. The first-order chi connectivity index (χ1) is 8.59. The fraction of sp³-hybridized carbons (Fsp3) is 0.500. The van der Waals surface area contributed by atoms with Crippen LogP contribution < -0.4 is 5.32 Å². The minimum atomic E-state index is -0.258. The molecule has 1 fully saturated rings. The zero-order valence-electron chi connectivity index (χ0n) is 10.4. The Morgan fingerprint density at radius 2 is 2.17 bits per heavy atom. The summed E-state index contributed by atoms with van der Waals surface area (Å²) in [5, 5.41) is 4.23. The van der Waals surface area contributed by atoms with Crippen LogP contribution >= 0.6 is 23.2 Å². The Morgan fingerprint density at radius 1 is 1.39 bits per heavy atom. The number of carbonyl (C=O) groups excluding carboxylic acids is 1. The van der Waals surface area contributed by atoms with Gasteiger partial charge in [-0.2, -0.15) is 0 Å². The highest BCUT2D eigenvalue weighted by atomic mass is 35.5. The molecule has 0 unspecified atom stereocenters. The molecule has 1 aliphatic heterocycles. The van der Waals surface area contributed by atoms with Crippen molar-refractivity contribution < 1.29 is 4.79 Å². The number of halogens is 2. The third kappa shape index (κ3) is 2.56. The Morgan fingerprint density at radius 3 is 2.72 bits per heavy atom. The Bertz CT molecular complexity index is 453. The molecule has 0 saturated carbocycles. The number of rotatable bonds is 4. The summed E-state index contributed by atoms with van der Waals surface area (Å²) in [6.45, 7) is 3.79. The number of hydrogen-bond acceptors (Lipinski definition) is 2. The van der Waals surface area contributed by atoms with E-state index in [1.54, 1.807) is 18.2 Å². The Hall–Kier alpha value is -0.570. The second kappa shape index (κ2) is 5.60. The zero-order valence-corrected chi connectivity index (χ0v) is 11.9. The summed E-state index contributed by atoms with van der Waals surface area (Å²) >= 11 is 11.9. The van der Waals surface area contributed by atoms with Crippen molar-refractivity contribution in [3.8, 4) is 0 Å². The molecule has 0 aromatic heterocycles. The summed E-state index contributed by atoms with van der Waals surface area (Å²) in [5.41, 5.74) is 0.410. The molecule has 1 aromatic rings. The summed E-state index contributed by atoms with van der Waals surface area (Å²) < 4.78 is 0. The number of nitrogens with one attached hydrogen (secondary N) is 1. The maximum Gasteiger partial charge on any atom is 0.170 e. The summed E-state index contributed by atoms with van der Waals surface area (Å²) in [5.74, 6) is 0.188. The van der Waals surface area contributed by atoms with E-state index in [2.05, 4.69) is 12.2 Å². The van der Waals surface area contributed by atoms with Gasteiger partial charge in [0.15, 0.2) is 5.78 Å². The fourth-order valence-corrected chi connectivity index (χ4v) is 2.98. The number of carbonyl (C=O) groups is 1. The average Bonchev–Trinajstić information content (AvgIpc) is 2.82. The van der Waals surface area contributed by atoms with Gasteiger partial charge in [-0.15, -0.1) is 0 Å². The predicted octanol–water partition coefficient (Wildman–Crippen LogP) is 3.96.